The Morgan fingerprint density at radius 2 is 2.31 bits per heavy atom. The normalized spacial score (nSPS) is 9.81. The van der Waals surface area contributed by atoms with E-state index in [1.807, 2.05) is 0 Å². The first kappa shape index (κ1) is 12.6. The molecule has 16 heavy (non-hydrogen) atoms. The van der Waals surface area contributed by atoms with E-state index in [-0.39, 0.29) is 18.4 Å². The highest BCUT2D eigenvalue weighted by Crippen LogP contribution is 1.99. The Kier molecular flexibility index (Phi) is 5.44. The number of carbonyl (C=O) groups excluding carboxylic acids is 2. The van der Waals surface area contributed by atoms with Gasteiger partial charge in [0.15, 0.2) is 0 Å². The predicted molar refractivity (Wildman–Crippen MR) is 59.3 cm³/mol. The average molecular weight is 243 g/mol. The third-order valence-corrected chi connectivity index (χ3v) is 2.29. The van der Waals surface area contributed by atoms with Crippen molar-refractivity contribution in [1.82, 2.24) is 15.6 Å². The Hall–Kier alpha value is -1.47. The number of hydrogen-bond donors (Lipinski definition) is 2. The maximum absolute atomic E-state index is 11.4. The molecule has 0 bridgehead atoms. The number of nitrogens with one attached hydrogen (secondary N) is 2. The molecule has 1 aromatic rings. The lowest BCUT2D eigenvalue weighted by Gasteiger charge is -2.05. The molecular weight excluding hydrogens is 230 g/mol. The standard InChI is InChI=1S/C9H13N3O3S/c1-15-3-2-10-8(13)4-11-9(14)7-5-16-6-12-7/h5-6H,2-4H2,1H3,(H,10,13)(H,11,14). The Morgan fingerprint density at radius 3 is 2.94 bits per heavy atom. The summed E-state index contributed by atoms with van der Waals surface area (Å²) in [6.07, 6.45) is 0. The van der Waals surface area contributed by atoms with E-state index in [0.29, 0.717) is 18.8 Å². The second-order valence-electron chi connectivity index (χ2n) is 2.90. The molecule has 6 nitrogen and oxygen atoms in total. The van der Waals surface area contributed by atoms with Crippen LogP contribution in [0.15, 0.2) is 10.9 Å². The van der Waals surface area contributed by atoms with Crippen molar-refractivity contribution in [3.05, 3.63) is 16.6 Å². The highest BCUT2D eigenvalue weighted by atomic mass is 32.1. The Morgan fingerprint density at radius 1 is 1.50 bits per heavy atom. The first-order valence-corrected chi connectivity index (χ1v) is 5.60. The second-order valence-corrected chi connectivity index (χ2v) is 3.62. The topological polar surface area (TPSA) is 80.3 Å². The van der Waals surface area contributed by atoms with Crippen LogP contribution in [0.4, 0.5) is 0 Å². The van der Waals surface area contributed by atoms with Crippen LogP contribution >= 0.6 is 11.3 Å². The van der Waals surface area contributed by atoms with Gasteiger partial charge in [0.2, 0.25) is 5.91 Å². The summed E-state index contributed by atoms with van der Waals surface area (Å²) in [5.41, 5.74) is 1.89. The molecule has 7 heteroatoms. The number of ether oxygens (including phenoxy) is 1. The van der Waals surface area contributed by atoms with Gasteiger partial charge in [0.1, 0.15) is 5.69 Å². The molecule has 0 aliphatic carbocycles. The number of thiazole rings is 1. The Bertz CT molecular complexity index is 340. The Balaban J connectivity index is 2.19. The molecule has 0 spiro atoms. The van der Waals surface area contributed by atoms with Crippen molar-refractivity contribution in [2.24, 2.45) is 0 Å². The molecular formula is C9H13N3O3S. The van der Waals surface area contributed by atoms with Crippen LogP contribution in [-0.4, -0.2) is 43.6 Å². The van der Waals surface area contributed by atoms with Crippen molar-refractivity contribution in [1.29, 1.82) is 0 Å². The molecule has 2 amide bonds. The zero-order chi connectivity index (χ0) is 11.8. The molecule has 0 fully saturated rings. The van der Waals surface area contributed by atoms with E-state index in [0.717, 1.165) is 0 Å². The first-order chi connectivity index (χ1) is 7.74. The number of carbonyl (C=O) groups is 2. The van der Waals surface area contributed by atoms with Crippen LogP contribution in [-0.2, 0) is 9.53 Å². The van der Waals surface area contributed by atoms with Crippen molar-refractivity contribution in [3.63, 3.8) is 0 Å². The molecule has 0 unspecified atom stereocenters. The molecule has 0 aromatic carbocycles. The fourth-order valence-corrected chi connectivity index (χ4v) is 1.46. The van der Waals surface area contributed by atoms with Gasteiger partial charge in [0, 0.05) is 19.0 Å². The smallest absolute Gasteiger partial charge is 0.271 e. The summed E-state index contributed by atoms with van der Waals surface area (Å²) in [5.74, 6) is -0.594. The van der Waals surface area contributed by atoms with E-state index in [1.165, 1.54) is 11.3 Å². The Labute approximate surface area is 97.0 Å². The molecule has 0 atom stereocenters. The van der Waals surface area contributed by atoms with Crippen molar-refractivity contribution in [2.75, 3.05) is 26.8 Å². The number of methoxy groups -OCH3 is 1. The fourth-order valence-electron chi connectivity index (χ4n) is 0.931. The van der Waals surface area contributed by atoms with Gasteiger partial charge in [-0.1, -0.05) is 0 Å². The minimum Gasteiger partial charge on any atom is -0.383 e. The lowest BCUT2D eigenvalue weighted by Crippen LogP contribution is -2.38. The van der Waals surface area contributed by atoms with E-state index in [9.17, 15) is 9.59 Å². The number of rotatable bonds is 6. The summed E-state index contributed by atoms with van der Waals surface area (Å²) in [5, 5.41) is 6.68. The van der Waals surface area contributed by atoms with Crippen molar-refractivity contribution in [2.45, 2.75) is 0 Å². The number of nitrogens with zero attached hydrogens (tertiary/aromatic N) is 1. The van der Waals surface area contributed by atoms with Gasteiger partial charge in [-0.2, -0.15) is 0 Å². The molecule has 0 saturated carbocycles. The molecule has 88 valence electrons. The number of aromatic nitrogens is 1. The summed E-state index contributed by atoms with van der Waals surface area (Å²) >= 11 is 1.33. The quantitative estimate of drug-likeness (QED) is 0.668. The van der Waals surface area contributed by atoms with Crippen LogP contribution < -0.4 is 10.6 Å². The van der Waals surface area contributed by atoms with E-state index in [4.69, 9.17) is 4.74 Å². The van der Waals surface area contributed by atoms with Gasteiger partial charge >= 0.3 is 0 Å². The summed E-state index contributed by atoms with van der Waals surface area (Å²) in [7, 11) is 1.55. The lowest BCUT2D eigenvalue weighted by molar-refractivity contribution is -0.120. The van der Waals surface area contributed by atoms with Gasteiger partial charge in [-0.3, -0.25) is 9.59 Å². The van der Waals surface area contributed by atoms with Gasteiger partial charge in [-0.05, 0) is 0 Å². The third kappa shape index (κ3) is 4.37. The molecule has 1 aromatic heterocycles. The predicted octanol–water partition coefficient (Wildman–Crippen LogP) is -0.365. The first-order valence-electron chi connectivity index (χ1n) is 4.66. The molecule has 0 aliphatic rings. The van der Waals surface area contributed by atoms with Crippen LogP contribution in [0.5, 0.6) is 0 Å². The van der Waals surface area contributed by atoms with E-state index >= 15 is 0 Å². The van der Waals surface area contributed by atoms with Crippen molar-refractivity contribution in [3.8, 4) is 0 Å². The van der Waals surface area contributed by atoms with Gasteiger partial charge in [0.25, 0.3) is 5.91 Å². The number of hydrogen-bond acceptors (Lipinski definition) is 5. The van der Waals surface area contributed by atoms with Crippen LogP contribution in [0, 0.1) is 0 Å². The van der Waals surface area contributed by atoms with Crippen molar-refractivity contribution >= 4 is 23.2 Å². The van der Waals surface area contributed by atoms with Gasteiger partial charge in [-0.15, -0.1) is 11.3 Å². The summed E-state index contributed by atoms with van der Waals surface area (Å²) in [6, 6.07) is 0. The van der Waals surface area contributed by atoms with Gasteiger partial charge < -0.3 is 15.4 Å². The number of amides is 2. The highest BCUT2D eigenvalue weighted by molar-refractivity contribution is 7.07. The zero-order valence-corrected chi connectivity index (χ0v) is 9.67. The minimum absolute atomic E-state index is 0.0555. The molecule has 1 rings (SSSR count). The van der Waals surface area contributed by atoms with Crippen LogP contribution in [0.1, 0.15) is 10.5 Å². The lowest BCUT2D eigenvalue weighted by atomic mass is 10.4. The molecule has 0 radical (unpaired) electrons. The summed E-state index contributed by atoms with van der Waals surface area (Å²) in [6.45, 7) is 0.827. The van der Waals surface area contributed by atoms with E-state index in [2.05, 4.69) is 15.6 Å². The molecule has 0 aliphatic heterocycles. The van der Waals surface area contributed by atoms with Crippen molar-refractivity contribution < 1.29 is 14.3 Å². The maximum atomic E-state index is 11.4. The third-order valence-electron chi connectivity index (χ3n) is 1.70. The molecule has 0 saturated heterocycles. The fraction of sp³-hybridized carbons (Fsp3) is 0.444. The highest BCUT2D eigenvalue weighted by Gasteiger charge is 2.08. The van der Waals surface area contributed by atoms with Gasteiger partial charge in [0.05, 0.1) is 18.7 Å². The molecule has 2 N–H and O–H groups in total. The zero-order valence-electron chi connectivity index (χ0n) is 8.86. The SMILES string of the molecule is COCCNC(=O)CNC(=O)c1cscn1. The van der Waals surface area contributed by atoms with Crippen LogP contribution in [0.25, 0.3) is 0 Å². The van der Waals surface area contributed by atoms with Gasteiger partial charge in [-0.25, -0.2) is 4.98 Å². The average Bonchev–Trinajstić information content (AvgIpc) is 2.79. The van der Waals surface area contributed by atoms with Crippen LogP contribution in [0.2, 0.25) is 0 Å². The largest absolute Gasteiger partial charge is 0.383 e. The van der Waals surface area contributed by atoms with Crippen LogP contribution in [0.3, 0.4) is 0 Å². The van der Waals surface area contributed by atoms with E-state index < -0.39 is 0 Å². The second kappa shape index (κ2) is 6.91. The summed E-state index contributed by atoms with van der Waals surface area (Å²) in [4.78, 5) is 26.4. The molecule has 1 heterocycles. The maximum Gasteiger partial charge on any atom is 0.271 e. The monoisotopic (exact) mass is 243 g/mol. The van der Waals surface area contributed by atoms with E-state index in [1.54, 1.807) is 18.0 Å². The minimum atomic E-state index is -0.344. The summed E-state index contributed by atoms with van der Waals surface area (Å²) < 4.78 is 4.77.